The van der Waals surface area contributed by atoms with Crippen molar-refractivity contribution >= 4 is 11.2 Å². The Morgan fingerprint density at radius 1 is 1.19 bits per heavy atom. The van der Waals surface area contributed by atoms with Crippen LogP contribution in [-0.4, -0.2) is 41.7 Å². The Morgan fingerprint density at radius 3 is 2.67 bits per heavy atom. The molecule has 0 aliphatic carbocycles. The second-order valence-corrected chi connectivity index (χ2v) is 7.77. The molecule has 0 N–H and O–H groups in total. The van der Waals surface area contributed by atoms with E-state index in [9.17, 15) is 9.59 Å². The highest BCUT2D eigenvalue weighted by Crippen LogP contribution is 2.38. The first-order valence-electron chi connectivity index (χ1n) is 9.19. The fourth-order valence-corrected chi connectivity index (χ4v) is 4.43. The first-order chi connectivity index (χ1) is 12.8. The molecule has 0 saturated carbocycles. The predicted octanol–water partition coefficient (Wildman–Crippen LogP) is 0.847. The molecule has 1 saturated heterocycles. The molecule has 142 valence electrons. The summed E-state index contributed by atoms with van der Waals surface area (Å²) in [5.74, 6) is 0.821. The number of fused-ring (bicyclic) bond motifs is 1. The summed E-state index contributed by atoms with van der Waals surface area (Å²) in [7, 11) is 7.26. The molecule has 0 amide bonds. The molecule has 1 aliphatic rings. The average molecular weight is 369 g/mol. The van der Waals surface area contributed by atoms with Gasteiger partial charge in [0.15, 0.2) is 17.0 Å². The molecule has 8 nitrogen and oxygen atoms in total. The van der Waals surface area contributed by atoms with E-state index in [4.69, 9.17) is 4.98 Å². The highest BCUT2D eigenvalue weighted by molar-refractivity contribution is 5.70. The maximum absolute atomic E-state index is 12.6. The number of rotatable bonds is 3. The second-order valence-electron chi connectivity index (χ2n) is 7.77. The summed E-state index contributed by atoms with van der Waals surface area (Å²) < 4.78 is 5.25. The van der Waals surface area contributed by atoms with Crippen molar-refractivity contribution in [1.82, 2.24) is 23.7 Å². The van der Waals surface area contributed by atoms with Crippen LogP contribution in [0.3, 0.4) is 0 Å². The van der Waals surface area contributed by atoms with Crippen molar-refractivity contribution in [3.63, 3.8) is 0 Å². The van der Waals surface area contributed by atoms with Gasteiger partial charge in [-0.05, 0) is 6.07 Å². The normalized spacial score (nSPS) is 22.6. The maximum Gasteiger partial charge on any atom is 0.332 e. The smallest absolute Gasteiger partial charge is 0.320 e. The molecule has 4 heterocycles. The van der Waals surface area contributed by atoms with Crippen LogP contribution >= 0.6 is 0 Å². The third-order valence-corrected chi connectivity index (χ3v) is 6.04. The van der Waals surface area contributed by atoms with Crippen LogP contribution in [0.25, 0.3) is 11.2 Å². The van der Waals surface area contributed by atoms with Crippen molar-refractivity contribution in [3.05, 3.63) is 56.8 Å². The highest BCUT2D eigenvalue weighted by atomic mass is 16.2. The van der Waals surface area contributed by atoms with Crippen LogP contribution < -0.4 is 11.2 Å². The van der Waals surface area contributed by atoms with Crippen molar-refractivity contribution in [2.24, 2.45) is 21.1 Å². The number of hydrogen-bond acceptors (Lipinski definition) is 4. The molecule has 2 unspecified atom stereocenters. The average Bonchev–Trinajstić information content (AvgIpc) is 3.20. The summed E-state index contributed by atoms with van der Waals surface area (Å²) in [6.45, 7) is 1.74. The standard InChI is InChI=1S/C19H25N6O2/c1-22-15(21-17-16(22)18(26)24(3)19(27)23(17)2)12-25(4)10-6-8-14(25)13-7-5-9-20-11-13/h5,7,9,11,14H,6,8,10,12H2,1-4H3/q+1. The summed E-state index contributed by atoms with van der Waals surface area (Å²) in [4.78, 5) is 33.8. The lowest BCUT2D eigenvalue weighted by Gasteiger charge is -2.36. The van der Waals surface area contributed by atoms with Gasteiger partial charge in [0, 0.05) is 51.9 Å². The number of aryl methyl sites for hydroxylation is 2. The number of likely N-dealkylation sites (tertiary alicyclic amines) is 1. The summed E-state index contributed by atoms with van der Waals surface area (Å²) in [6, 6.07) is 4.46. The third kappa shape index (κ3) is 2.63. The minimum Gasteiger partial charge on any atom is -0.320 e. The van der Waals surface area contributed by atoms with E-state index in [2.05, 4.69) is 18.1 Å². The molecule has 3 aromatic heterocycles. The molecule has 1 aliphatic heterocycles. The highest BCUT2D eigenvalue weighted by Gasteiger charge is 2.40. The first-order valence-corrected chi connectivity index (χ1v) is 9.19. The Balaban J connectivity index is 1.81. The largest absolute Gasteiger partial charge is 0.332 e. The molecule has 3 aromatic rings. The van der Waals surface area contributed by atoms with E-state index in [1.54, 1.807) is 13.2 Å². The van der Waals surface area contributed by atoms with Gasteiger partial charge in [-0.1, -0.05) is 6.07 Å². The van der Waals surface area contributed by atoms with Gasteiger partial charge in [0.05, 0.1) is 13.6 Å². The lowest BCUT2D eigenvalue weighted by atomic mass is 10.1. The molecule has 1 fully saturated rings. The molecule has 0 spiro atoms. The van der Waals surface area contributed by atoms with E-state index in [1.165, 1.54) is 17.2 Å². The molecule has 0 radical (unpaired) electrons. The Labute approximate surface area is 156 Å². The minimum absolute atomic E-state index is 0.303. The van der Waals surface area contributed by atoms with Gasteiger partial charge in [0.25, 0.3) is 5.56 Å². The Bertz CT molecular complexity index is 1130. The van der Waals surface area contributed by atoms with Crippen LogP contribution in [-0.2, 0) is 27.7 Å². The molecule has 4 rings (SSSR count). The quantitative estimate of drug-likeness (QED) is 0.642. The fourth-order valence-electron chi connectivity index (χ4n) is 4.43. The lowest BCUT2D eigenvalue weighted by Crippen LogP contribution is -2.43. The number of quaternary nitrogens is 1. The zero-order chi connectivity index (χ0) is 19.3. The molecule has 8 heteroatoms. The van der Waals surface area contributed by atoms with Gasteiger partial charge in [0.2, 0.25) is 0 Å². The van der Waals surface area contributed by atoms with Crippen LogP contribution in [0.5, 0.6) is 0 Å². The van der Waals surface area contributed by atoms with E-state index in [-0.39, 0.29) is 11.2 Å². The number of hydrogen-bond donors (Lipinski definition) is 0. The zero-order valence-electron chi connectivity index (χ0n) is 16.2. The van der Waals surface area contributed by atoms with E-state index in [0.717, 1.165) is 34.3 Å². The number of aromatic nitrogens is 5. The Kier molecular flexibility index (Phi) is 4.03. The molecule has 27 heavy (non-hydrogen) atoms. The van der Waals surface area contributed by atoms with Gasteiger partial charge in [-0.3, -0.25) is 18.9 Å². The van der Waals surface area contributed by atoms with E-state index >= 15 is 0 Å². The molecule has 0 aromatic carbocycles. The molecular formula is C19H25N6O2+. The van der Waals surface area contributed by atoms with Crippen LogP contribution in [0.1, 0.15) is 30.3 Å². The van der Waals surface area contributed by atoms with Crippen molar-refractivity contribution in [1.29, 1.82) is 0 Å². The van der Waals surface area contributed by atoms with Gasteiger partial charge in [0.1, 0.15) is 12.6 Å². The van der Waals surface area contributed by atoms with E-state index in [1.807, 2.05) is 23.9 Å². The second kappa shape index (κ2) is 6.16. The third-order valence-electron chi connectivity index (χ3n) is 6.04. The molecule has 0 bridgehead atoms. The van der Waals surface area contributed by atoms with Crippen LogP contribution in [0.2, 0.25) is 0 Å². The van der Waals surface area contributed by atoms with Crippen molar-refractivity contribution < 1.29 is 4.48 Å². The van der Waals surface area contributed by atoms with Crippen molar-refractivity contribution in [3.8, 4) is 0 Å². The topological polar surface area (TPSA) is 74.7 Å². The SMILES string of the molecule is Cn1c(=O)c2c(nc(C[N+]3(C)CCCC3c3cccnc3)n2C)n(C)c1=O. The van der Waals surface area contributed by atoms with Gasteiger partial charge in [-0.15, -0.1) is 0 Å². The number of nitrogens with zero attached hydrogens (tertiary/aromatic N) is 6. The van der Waals surface area contributed by atoms with Crippen LogP contribution in [0.15, 0.2) is 34.1 Å². The van der Waals surface area contributed by atoms with Gasteiger partial charge < -0.3 is 9.05 Å². The van der Waals surface area contributed by atoms with E-state index in [0.29, 0.717) is 23.8 Å². The van der Waals surface area contributed by atoms with Crippen molar-refractivity contribution in [2.45, 2.75) is 25.4 Å². The van der Waals surface area contributed by atoms with Crippen molar-refractivity contribution in [2.75, 3.05) is 13.6 Å². The number of pyridine rings is 1. The summed E-state index contributed by atoms with van der Waals surface area (Å²) in [5.41, 5.74) is 1.50. The predicted molar refractivity (Wildman–Crippen MR) is 102 cm³/mol. The summed E-state index contributed by atoms with van der Waals surface area (Å²) in [6.07, 6.45) is 5.98. The maximum atomic E-state index is 12.6. The van der Waals surface area contributed by atoms with E-state index < -0.39 is 0 Å². The first kappa shape index (κ1) is 17.7. The van der Waals surface area contributed by atoms with Crippen LogP contribution in [0.4, 0.5) is 0 Å². The Hall–Kier alpha value is -2.74. The van der Waals surface area contributed by atoms with Gasteiger partial charge in [-0.2, -0.15) is 0 Å². The number of imidazole rings is 1. The van der Waals surface area contributed by atoms with Gasteiger partial charge in [-0.25, -0.2) is 9.78 Å². The minimum atomic E-state index is -0.355. The van der Waals surface area contributed by atoms with Crippen LogP contribution in [0, 0.1) is 0 Å². The molecule has 2 atom stereocenters. The lowest BCUT2D eigenvalue weighted by molar-refractivity contribution is -0.940. The summed E-state index contributed by atoms with van der Waals surface area (Å²) in [5, 5.41) is 0. The summed E-state index contributed by atoms with van der Waals surface area (Å²) >= 11 is 0. The monoisotopic (exact) mass is 369 g/mol. The fraction of sp³-hybridized carbons (Fsp3) is 0.474. The Morgan fingerprint density at radius 2 is 1.96 bits per heavy atom. The molecular weight excluding hydrogens is 344 g/mol. The van der Waals surface area contributed by atoms with Gasteiger partial charge >= 0.3 is 5.69 Å². The zero-order valence-corrected chi connectivity index (χ0v) is 16.2.